The van der Waals surface area contributed by atoms with Crippen molar-refractivity contribution in [1.82, 2.24) is 0 Å². The van der Waals surface area contributed by atoms with E-state index < -0.39 is 5.44 Å². The van der Waals surface area contributed by atoms with Crippen molar-refractivity contribution < 1.29 is 9.53 Å². The van der Waals surface area contributed by atoms with E-state index in [4.69, 9.17) is 10.5 Å². The largest absolute Gasteiger partial charge is 0.451 e. The molecular formula is C16H17NO2S. The van der Waals surface area contributed by atoms with Gasteiger partial charge in [0.05, 0.1) is 6.42 Å². The molecule has 0 aromatic heterocycles. The Labute approximate surface area is 124 Å². The van der Waals surface area contributed by atoms with Gasteiger partial charge in [-0.3, -0.25) is 4.79 Å². The van der Waals surface area contributed by atoms with Crippen molar-refractivity contribution in [2.45, 2.75) is 18.3 Å². The van der Waals surface area contributed by atoms with Crippen molar-refractivity contribution in [3.8, 4) is 0 Å². The molecule has 2 aromatic carbocycles. The molecule has 0 amide bonds. The van der Waals surface area contributed by atoms with Crippen LogP contribution >= 0.6 is 12.6 Å². The van der Waals surface area contributed by atoms with Crippen molar-refractivity contribution >= 4 is 24.3 Å². The highest BCUT2D eigenvalue weighted by atomic mass is 32.1. The zero-order valence-corrected chi connectivity index (χ0v) is 11.9. The van der Waals surface area contributed by atoms with Gasteiger partial charge in [0, 0.05) is 12.1 Å². The van der Waals surface area contributed by atoms with Gasteiger partial charge in [0.25, 0.3) is 0 Å². The Hall–Kier alpha value is -1.94. The molecular weight excluding hydrogens is 270 g/mol. The van der Waals surface area contributed by atoms with Crippen LogP contribution < -0.4 is 5.73 Å². The van der Waals surface area contributed by atoms with E-state index in [1.807, 2.05) is 42.5 Å². The molecule has 1 unspecified atom stereocenters. The highest BCUT2D eigenvalue weighted by Crippen LogP contribution is 2.12. The lowest BCUT2D eigenvalue weighted by molar-refractivity contribution is -0.144. The second-order valence-electron chi connectivity index (χ2n) is 4.56. The van der Waals surface area contributed by atoms with Crippen LogP contribution in [0.25, 0.3) is 0 Å². The topological polar surface area (TPSA) is 52.3 Å². The summed E-state index contributed by atoms with van der Waals surface area (Å²) in [5.74, 6) is -0.300. The Bertz CT molecular complexity index is 572. The molecule has 0 saturated heterocycles. The molecule has 0 fully saturated rings. The Kier molecular flexibility index (Phi) is 5.07. The summed E-state index contributed by atoms with van der Waals surface area (Å²) in [7, 11) is 0. The predicted molar refractivity (Wildman–Crippen MR) is 83.6 cm³/mol. The molecule has 0 aliphatic carbocycles. The van der Waals surface area contributed by atoms with Gasteiger partial charge in [-0.1, -0.05) is 42.5 Å². The predicted octanol–water partition coefficient (Wildman–Crippen LogP) is 2.85. The molecule has 104 valence electrons. The Morgan fingerprint density at radius 1 is 1.10 bits per heavy atom. The molecule has 0 saturated carbocycles. The maximum absolute atomic E-state index is 11.8. The molecule has 3 nitrogen and oxygen atoms in total. The van der Waals surface area contributed by atoms with E-state index in [-0.39, 0.29) is 12.4 Å². The van der Waals surface area contributed by atoms with Crippen LogP contribution in [0.15, 0.2) is 54.6 Å². The highest BCUT2D eigenvalue weighted by Gasteiger charge is 2.11. The number of ether oxygens (including phenoxy) is 1. The van der Waals surface area contributed by atoms with Gasteiger partial charge in [-0.2, -0.15) is 0 Å². The van der Waals surface area contributed by atoms with Crippen molar-refractivity contribution in [1.29, 1.82) is 0 Å². The lowest BCUT2D eigenvalue weighted by Crippen LogP contribution is -2.17. The standard InChI is InChI=1S/C16H17NO2S/c17-14-8-4-7-13(9-14)10-15(18)19-16(20)11-12-5-2-1-3-6-12/h1-9,16,20H,10-11,17H2. The van der Waals surface area contributed by atoms with Gasteiger partial charge in [0.1, 0.15) is 5.44 Å². The maximum atomic E-state index is 11.8. The van der Waals surface area contributed by atoms with E-state index >= 15 is 0 Å². The number of anilines is 1. The molecule has 2 rings (SSSR count). The number of nitrogen functional groups attached to an aromatic ring is 1. The van der Waals surface area contributed by atoms with E-state index in [0.29, 0.717) is 12.1 Å². The van der Waals surface area contributed by atoms with E-state index in [2.05, 4.69) is 12.6 Å². The highest BCUT2D eigenvalue weighted by molar-refractivity contribution is 7.80. The summed E-state index contributed by atoms with van der Waals surface area (Å²) < 4.78 is 5.28. The third kappa shape index (κ3) is 4.63. The van der Waals surface area contributed by atoms with Gasteiger partial charge in [-0.05, 0) is 23.3 Å². The SMILES string of the molecule is Nc1cccc(CC(=O)OC(S)Cc2ccccc2)c1. The van der Waals surface area contributed by atoms with E-state index in [1.165, 1.54) is 0 Å². The van der Waals surface area contributed by atoms with Crippen LogP contribution in [-0.2, 0) is 22.4 Å². The first-order valence-corrected chi connectivity index (χ1v) is 6.91. The van der Waals surface area contributed by atoms with E-state index in [0.717, 1.165) is 11.1 Å². The van der Waals surface area contributed by atoms with Gasteiger partial charge < -0.3 is 10.5 Å². The average Bonchev–Trinajstić information content (AvgIpc) is 2.39. The second kappa shape index (κ2) is 7.01. The number of nitrogens with two attached hydrogens (primary N) is 1. The quantitative estimate of drug-likeness (QED) is 0.385. The summed E-state index contributed by atoms with van der Waals surface area (Å²) in [6, 6.07) is 17.0. The van der Waals surface area contributed by atoms with Crippen LogP contribution in [0.1, 0.15) is 11.1 Å². The number of hydrogen-bond acceptors (Lipinski definition) is 4. The van der Waals surface area contributed by atoms with Crippen molar-refractivity contribution in [3.05, 3.63) is 65.7 Å². The van der Waals surface area contributed by atoms with Gasteiger partial charge in [-0.25, -0.2) is 0 Å². The van der Waals surface area contributed by atoms with E-state index in [1.54, 1.807) is 12.1 Å². The molecule has 2 aromatic rings. The summed E-state index contributed by atoms with van der Waals surface area (Å²) >= 11 is 4.30. The fourth-order valence-electron chi connectivity index (χ4n) is 1.92. The summed E-state index contributed by atoms with van der Waals surface area (Å²) in [6.45, 7) is 0. The number of rotatable bonds is 5. The maximum Gasteiger partial charge on any atom is 0.311 e. The summed E-state index contributed by atoms with van der Waals surface area (Å²) in [4.78, 5) is 11.8. The Morgan fingerprint density at radius 2 is 1.80 bits per heavy atom. The molecule has 0 aliphatic rings. The Balaban J connectivity index is 1.85. The molecule has 0 heterocycles. The molecule has 4 heteroatoms. The van der Waals surface area contributed by atoms with Gasteiger partial charge in [0.15, 0.2) is 0 Å². The van der Waals surface area contributed by atoms with Crippen LogP contribution in [0.2, 0.25) is 0 Å². The molecule has 0 spiro atoms. The molecule has 2 N–H and O–H groups in total. The molecule has 20 heavy (non-hydrogen) atoms. The smallest absolute Gasteiger partial charge is 0.311 e. The minimum atomic E-state index is -0.439. The van der Waals surface area contributed by atoms with Crippen LogP contribution in [0.4, 0.5) is 5.69 Å². The molecule has 0 radical (unpaired) electrons. The van der Waals surface area contributed by atoms with Gasteiger partial charge in [-0.15, -0.1) is 12.6 Å². The number of hydrogen-bond donors (Lipinski definition) is 2. The lowest BCUT2D eigenvalue weighted by atomic mass is 10.1. The minimum Gasteiger partial charge on any atom is -0.451 e. The first-order valence-electron chi connectivity index (χ1n) is 6.39. The molecule has 1 atom stereocenters. The number of thiol groups is 1. The van der Waals surface area contributed by atoms with Crippen molar-refractivity contribution in [2.75, 3.05) is 5.73 Å². The van der Waals surface area contributed by atoms with Crippen LogP contribution in [0.3, 0.4) is 0 Å². The van der Waals surface area contributed by atoms with Crippen LogP contribution in [0.5, 0.6) is 0 Å². The van der Waals surface area contributed by atoms with Crippen LogP contribution in [0, 0.1) is 0 Å². The molecule has 0 bridgehead atoms. The van der Waals surface area contributed by atoms with E-state index in [9.17, 15) is 4.79 Å². The monoisotopic (exact) mass is 287 g/mol. The number of carbonyl (C=O) groups is 1. The summed E-state index contributed by atoms with van der Waals surface area (Å²) in [5, 5.41) is 0. The van der Waals surface area contributed by atoms with Crippen molar-refractivity contribution in [3.63, 3.8) is 0 Å². The van der Waals surface area contributed by atoms with Crippen LogP contribution in [-0.4, -0.2) is 11.4 Å². The molecule has 0 aliphatic heterocycles. The zero-order chi connectivity index (χ0) is 14.4. The first kappa shape index (κ1) is 14.5. The first-order chi connectivity index (χ1) is 9.63. The van der Waals surface area contributed by atoms with Gasteiger partial charge in [0.2, 0.25) is 0 Å². The lowest BCUT2D eigenvalue weighted by Gasteiger charge is -2.12. The van der Waals surface area contributed by atoms with Crippen molar-refractivity contribution in [2.24, 2.45) is 0 Å². The minimum absolute atomic E-state index is 0.205. The fraction of sp³-hybridized carbons (Fsp3) is 0.188. The fourth-order valence-corrected chi connectivity index (χ4v) is 2.25. The summed E-state index contributed by atoms with van der Waals surface area (Å²) in [6.07, 6.45) is 0.795. The normalized spacial score (nSPS) is 11.8. The number of benzene rings is 2. The zero-order valence-electron chi connectivity index (χ0n) is 11.0. The third-order valence-electron chi connectivity index (χ3n) is 2.82. The Morgan fingerprint density at radius 3 is 2.50 bits per heavy atom. The number of esters is 1. The van der Waals surface area contributed by atoms with Gasteiger partial charge >= 0.3 is 5.97 Å². The summed E-state index contributed by atoms with van der Waals surface area (Å²) in [5.41, 5.74) is 7.80. The second-order valence-corrected chi connectivity index (χ2v) is 5.13. The average molecular weight is 287 g/mol. The third-order valence-corrected chi connectivity index (χ3v) is 3.11. The number of carbonyl (C=O) groups excluding carboxylic acids is 1.